The molecule has 7 heteroatoms. The third-order valence-electron chi connectivity index (χ3n) is 4.38. The Morgan fingerprint density at radius 2 is 1.85 bits per heavy atom. The third kappa shape index (κ3) is 3.26. The zero-order valence-electron chi connectivity index (χ0n) is 14.4. The van der Waals surface area contributed by atoms with Crippen LogP contribution in [-0.2, 0) is 4.74 Å². The van der Waals surface area contributed by atoms with Crippen LogP contribution in [0.1, 0.15) is 10.4 Å². The van der Waals surface area contributed by atoms with Gasteiger partial charge in [-0.2, -0.15) is 0 Å². The van der Waals surface area contributed by atoms with Gasteiger partial charge in [-0.05, 0) is 36.4 Å². The maximum Gasteiger partial charge on any atom is 0.337 e. The van der Waals surface area contributed by atoms with Crippen LogP contribution in [0.4, 0.5) is 11.4 Å². The summed E-state index contributed by atoms with van der Waals surface area (Å²) in [6, 6.07) is 15.3. The largest absolute Gasteiger partial charge is 1.00 e. The molecule has 2 aromatic rings. The standard InChI is InChI=1S/C19H19N3O3.BrH/c1-24-18(23)14-6-8-15(9-7-14)25-13-12-22-17-5-3-2-4-16(17)21-11-10-20-19(21)22;/h2-9H,10-13H2,1H3;1H/p-1. The lowest BCUT2D eigenvalue weighted by Gasteiger charge is -2.19. The van der Waals surface area contributed by atoms with Crippen LogP contribution in [0.25, 0.3) is 0 Å². The molecule has 0 atom stereocenters. The Hall–Kier alpha value is -2.54. The van der Waals surface area contributed by atoms with Crippen molar-refractivity contribution >= 4 is 23.3 Å². The minimum absolute atomic E-state index is 0. The van der Waals surface area contributed by atoms with Crippen molar-refractivity contribution in [2.45, 2.75) is 0 Å². The highest BCUT2D eigenvalue weighted by molar-refractivity contribution is 6.17. The number of esters is 1. The number of aliphatic imine (C=N–C) groups is 1. The number of anilines is 2. The van der Waals surface area contributed by atoms with E-state index in [1.807, 2.05) is 6.07 Å². The van der Waals surface area contributed by atoms with Crippen molar-refractivity contribution < 1.29 is 31.2 Å². The van der Waals surface area contributed by atoms with Gasteiger partial charge in [0.05, 0.1) is 37.1 Å². The lowest BCUT2D eigenvalue weighted by molar-refractivity contribution is -0.0000200. The van der Waals surface area contributed by atoms with Crippen LogP contribution in [0.5, 0.6) is 5.75 Å². The van der Waals surface area contributed by atoms with E-state index in [4.69, 9.17) is 9.47 Å². The Bertz CT molecular complexity index is 823. The first kappa shape index (κ1) is 18.3. The first-order chi connectivity index (χ1) is 12.3. The number of nitrogens with zero attached hydrogens (tertiary/aromatic N) is 3. The van der Waals surface area contributed by atoms with E-state index in [9.17, 15) is 4.79 Å². The normalized spacial score (nSPS) is 14.3. The number of fused-ring (bicyclic) bond motifs is 3. The monoisotopic (exact) mass is 416 g/mol. The first-order valence-corrected chi connectivity index (χ1v) is 8.27. The van der Waals surface area contributed by atoms with Gasteiger partial charge in [-0.3, -0.25) is 4.99 Å². The van der Waals surface area contributed by atoms with Crippen LogP contribution >= 0.6 is 0 Å². The predicted octanol–water partition coefficient (Wildman–Crippen LogP) is -0.448. The van der Waals surface area contributed by atoms with Crippen LogP contribution in [0.2, 0.25) is 0 Å². The minimum atomic E-state index is -0.348. The molecule has 0 saturated heterocycles. The molecule has 0 bridgehead atoms. The molecule has 2 aliphatic rings. The Kier molecular flexibility index (Phi) is 5.46. The Morgan fingerprint density at radius 1 is 1.12 bits per heavy atom. The number of guanidine groups is 1. The van der Waals surface area contributed by atoms with Crippen LogP contribution in [0, 0.1) is 0 Å². The molecule has 2 heterocycles. The fraction of sp³-hybridized carbons (Fsp3) is 0.263. The summed E-state index contributed by atoms with van der Waals surface area (Å²) in [6.07, 6.45) is 0. The molecule has 0 radical (unpaired) electrons. The maximum absolute atomic E-state index is 11.4. The Balaban J connectivity index is 0.00000196. The van der Waals surface area contributed by atoms with Crippen molar-refractivity contribution in [2.75, 3.05) is 43.2 Å². The summed E-state index contributed by atoms with van der Waals surface area (Å²) >= 11 is 0. The van der Waals surface area contributed by atoms with Crippen LogP contribution in [-0.4, -0.2) is 45.3 Å². The summed E-state index contributed by atoms with van der Waals surface area (Å²) in [5.41, 5.74) is 2.89. The molecule has 136 valence electrons. The summed E-state index contributed by atoms with van der Waals surface area (Å²) in [7, 11) is 1.37. The van der Waals surface area contributed by atoms with Gasteiger partial charge < -0.3 is 36.3 Å². The lowest BCUT2D eigenvalue weighted by atomic mass is 10.2. The predicted molar refractivity (Wildman–Crippen MR) is 96.7 cm³/mol. The number of rotatable bonds is 5. The van der Waals surface area contributed by atoms with Gasteiger partial charge >= 0.3 is 5.97 Å². The highest BCUT2D eigenvalue weighted by atomic mass is 79.9. The first-order valence-electron chi connectivity index (χ1n) is 8.27. The molecule has 0 unspecified atom stereocenters. The number of carbonyl (C=O) groups excluding carboxylic acids is 1. The van der Waals surface area contributed by atoms with Gasteiger partial charge in [0.25, 0.3) is 0 Å². The topological polar surface area (TPSA) is 54.4 Å². The highest BCUT2D eigenvalue weighted by Gasteiger charge is 2.34. The summed E-state index contributed by atoms with van der Waals surface area (Å²) in [6.45, 7) is 3.00. The number of hydrogen-bond acceptors (Lipinski definition) is 6. The van der Waals surface area contributed by atoms with E-state index in [-0.39, 0.29) is 23.0 Å². The molecule has 4 rings (SSSR count). The van der Waals surface area contributed by atoms with Gasteiger partial charge in [-0.15, -0.1) is 0 Å². The number of benzene rings is 2. The number of ether oxygens (including phenoxy) is 2. The van der Waals surface area contributed by atoms with E-state index in [0.29, 0.717) is 18.7 Å². The molecular formula is C19H19BrN3O3-. The minimum Gasteiger partial charge on any atom is -1.00 e. The van der Waals surface area contributed by atoms with Crippen molar-refractivity contribution in [3.63, 3.8) is 0 Å². The van der Waals surface area contributed by atoms with E-state index in [1.54, 1.807) is 24.3 Å². The molecule has 0 aliphatic carbocycles. The van der Waals surface area contributed by atoms with E-state index in [0.717, 1.165) is 24.8 Å². The molecular weight excluding hydrogens is 398 g/mol. The van der Waals surface area contributed by atoms with E-state index in [2.05, 4.69) is 33.0 Å². The highest BCUT2D eigenvalue weighted by Crippen LogP contribution is 2.38. The van der Waals surface area contributed by atoms with E-state index < -0.39 is 0 Å². The Labute approximate surface area is 162 Å². The van der Waals surface area contributed by atoms with Crippen molar-refractivity contribution in [3.05, 3.63) is 54.1 Å². The number of methoxy groups -OCH3 is 1. The molecule has 26 heavy (non-hydrogen) atoms. The van der Waals surface area contributed by atoms with Gasteiger partial charge in [0.2, 0.25) is 5.96 Å². The molecule has 6 nitrogen and oxygen atoms in total. The number of halogens is 1. The van der Waals surface area contributed by atoms with Gasteiger partial charge in [-0.25, -0.2) is 4.79 Å². The second kappa shape index (κ2) is 7.78. The lowest BCUT2D eigenvalue weighted by Crippen LogP contribution is -3.00. The van der Waals surface area contributed by atoms with Gasteiger partial charge in [0.1, 0.15) is 12.4 Å². The summed E-state index contributed by atoms with van der Waals surface area (Å²) < 4.78 is 10.5. The quantitative estimate of drug-likeness (QED) is 0.618. The zero-order valence-corrected chi connectivity index (χ0v) is 16.0. The molecule has 0 aromatic heterocycles. The number of carbonyl (C=O) groups is 1. The van der Waals surface area contributed by atoms with Gasteiger partial charge in [-0.1, -0.05) is 12.1 Å². The summed E-state index contributed by atoms with van der Waals surface area (Å²) in [5, 5.41) is 0. The van der Waals surface area contributed by atoms with Gasteiger partial charge in [0, 0.05) is 6.54 Å². The van der Waals surface area contributed by atoms with Crippen LogP contribution in [0.3, 0.4) is 0 Å². The summed E-state index contributed by atoms with van der Waals surface area (Å²) in [5.74, 6) is 1.38. The van der Waals surface area contributed by atoms with Gasteiger partial charge in [0.15, 0.2) is 0 Å². The van der Waals surface area contributed by atoms with Crippen molar-refractivity contribution in [1.29, 1.82) is 0 Å². The smallest absolute Gasteiger partial charge is 0.337 e. The summed E-state index contributed by atoms with van der Waals surface area (Å²) in [4.78, 5) is 20.5. The molecule has 0 N–H and O–H groups in total. The molecule has 0 fully saturated rings. The average molecular weight is 417 g/mol. The number of hydrogen-bond donors (Lipinski definition) is 0. The second-order valence-corrected chi connectivity index (χ2v) is 5.84. The van der Waals surface area contributed by atoms with Crippen molar-refractivity contribution in [1.82, 2.24) is 0 Å². The fourth-order valence-electron chi connectivity index (χ4n) is 3.20. The fourth-order valence-corrected chi connectivity index (χ4v) is 3.20. The Morgan fingerprint density at radius 3 is 2.58 bits per heavy atom. The molecule has 0 spiro atoms. The van der Waals surface area contributed by atoms with Crippen LogP contribution in [0.15, 0.2) is 53.5 Å². The molecule has 0 amide bonds. The average Bonchev–Trinajstić information content (AvgIpc) is 3.24. The van der Waals surface area contributed by atoms with Crippen molar-refractivity contribution in [2.24, 2.45) is 4.99 Å². The number of para-hydroxylation sites is 2. The van der Waals surface area contributed by atoms with Crippen molar-refractivity contribution in [3.8, 4) is 5.75 Å². The molecule has 2 aliphatic heterocycles. The molecule has 2 aromatic carbocycles. The van der Waals surface area contributed by atoms with E-state index in [1.165, 1.54) is 18.5 Å². The SMILES string of the molecule is COC(=O)c1ccc(OCCN2C3=NCCN3c3ccccc32)cc1.[Br-]. The van der Waals surface area contributed by atoms with Crippen LogP contribution < -0.4 is 31.5 Å². The molecule has 0 saturated carbocycles. The van der Waals surface area contributed by atoms with E-state index >= 15 is 0 Å². The second-order valence-electron chi connectivity index (χ2n) is 5.84. The third-order valence-corrected chi connectivity index (χ3v) is 4.38. The zero-order chi connectivity index (χ0) is 17.2. The maximum atomic E-state index is 11.4.